The fourth-order valence-corrected chi connectivity index (χ4v) is 6.16. The second kappa shape index (κ2) is 8.28. The summed E-state index contributed by atoms with van der Waals surface area (Å²) >= 11 is 0. The Morgan fingerprint density at radius 1 is 1.19 bits per heavy atom. The third-order valence-electron chi connectivity index (χ3n) is 7.75. The largest absolute Gasteiger partial charge is 0.432 e. The Balaban J connectivity index is 2.01. The SMILES string of the molecule is CC(=O)C[C@@H]1C(=O)[C@]2(O)COC(C)(C)[C@H]3CC[C@@](C)(C[C@@H]32)[C@H]1/C=C/OC(=O)C=C(C)C. The van der Waals surface area contributed by atoms with Crippen LogP contribution in [0.2, 0.25) is 0 Å². The van der Waals surface area contributed by atoms with Gasteiger partial charge in [0.15, 0.2) is 5.78 Å². The second-order valence-electron chi connectivity index (χ2n) is 10.8. The van der Waals surface area contributed by atoms with E-state index in [-0.39, 0.29) is 47.8 Å². The fourth-order valence-electron chi connectivity index (χ4n) is 6.16. The summed E-state index contributed by atoms with van der Waals surface area (Å²) in [5, 5.41) is 11.6. The highest BCUT2D eigenvalue weighted by atomic mass is 16.5. The topological polar surface area (TPSA) is 89.9 Å². The quantitative estimate of drug-likeness (QED) is 0.404. The highest BCUT2D eigenvalue weighted by Gasteiger charge is 2.64. The summed E-state index contributed by atoms with van der Waals surface area (Å²) in [5.74, 6) is -2.04. The van der Waals surface area contributed by atoms with Gasteiger partial charge in [0.1, 0.15) is 11.4 Å². The molecule has 0 radical (unpaired) electrons. The molecule has 6 heteroatoms. The highest BCUT2D eigenvalue weighted by molar-refractivity contribution is 5.94. The van der Waals surface area contributed by atoms with Gasteiger partial charge in [0.05, 0.1) is 18.5 Å². The minimum atomic E-state index is -1.59. The smallest absolute Gasteiger partial charge is 0.335 e. The number of aliphatic hydroxyl groups is 1. The molecule has 1 saturated heterocycles. The van der Waals surface area contributed by atoms with Gasteiger partial charge in [0.2, 0.25) is 0 Å². The van der Waals surface area contributed by atoms with Crippen LogP contribution in [0.25, 0.3) is 0 Å². The number of hydrogen-bond donors (Lipinski definition) is 1. The first kappa shape index (κ1) is 23.9. The van der Waals surface area contributed by atoms with Gasteiger partial charge in [0.25, 0.3) is 0 Å². The van der Waals surface area contributed by atoms with E-state index in [1.807, 2.05) is 27.7 Å². The lowest BCUT2D eigenvalue weighted by Crippen LogP contribution is -2.63. The van der Waals surface area contributed by atoms with E-state index in [2.05, 4.69) is 6.92 Å². The number of allylic oxidation sites excluding steroid dienone is 2. The van der Waals surface area contributed by atoms with Crippen molar-refractivity contribution >= 4 is 17.5 Å². The van der Waals surface area contributed by atoms with E-state index in [1.165, 1.54) is 19.3 Å². The summed E-state index contributed by atoms with van der Waals surface area (Å²) in [5.41, 5.74) is -1.47. The standard InChI is InChI=1S/C25H36O6/c1-15(2)11-21(27)30-10-8-18-17(12-16(3)26)22(28)25(29)14-31-23(4,5)19-7-9-24(18,6)13-20(19)25/h8,10-11,17-20,29H,7,9,12-14H2,1-6H3/b10-8+/t17-,18-,19-,20-,24-,25-/m0/s1. The molecule has 172 valence electrons. The van der Waals surface area contributed by atoms with Crippen LogP contribution in [0, 0.1) is 29.1 Å². The van der Waals surface area contributed by atoms with E-state index in [0.29, 0.717) is 6.42 Å². The molecule has 3 aliphatic rings. The van der Waals surface area contributed by atoms with Gasteiger partial charge in [-0.2, -0.15) is 0 Å². The Labute approximate surface area is 185 Å². The molecule has 2 aliphatic carbocycles. The van der Waals surface area contributed by atoms with E-state index in [0.717, 1.165) is 18.4 Å². The third kappa shape index (κ3) is 4.42. The van der Waals surface area contributed by atoms with Crippen LogP contribution in [-0.2, 0) is 23.9 Å². The van der Waals surface area contributed by atoms with Crippen LogP contribution < -0.4 is 0 Å². The Hall–Kier alpha value is -1.79. The van der Waals surface area contributed by atoms with E-state index in [9.17, 15) is 19.5 Å². The van der Waals surface area contributed by atoms with Gasteiger partial charge in [-0.1, -0.05) is 12.5 Å². The fraction of sp³-hybridized carbons (Fsp3) is 0.720. The molecule has 1 aliphatic heterocycles. The van der Waals surface area contributed by atoms with Gasteiger partial charge in [-0.25, -0.2) is 4.79 Å². The molecule has 3 rings (SSSR count). The monoisotopic (exact) mass is 432 g/mol. The first-order valence-electron chi connectivity index (χ1n) is 11.2. The maximum Gasteiger partial charge on any atom is 0.335 e. The summed E-state index contributed by atoms with van der Waals surface area (Å²) in [6, 6.07) is 0. The van der Waals surface area contributed by atoms with Crippen LogP contribution in [0.5, 0.6) is 0 Å². The first-order valence-corrected chi connectivity index (χ1v) is 11.2. The molecule has 6 atom stereocenters. The van der Waals surface area contributed by atoms with Crippen molar-refractivity contribution in [3.8, 4) is 0 Å². The Bertz CT molecular complexity index is 820. The van der Waals surface area contributed by atoms with Crippen molar-refractivity contribution in [2.75, 3.05) is 6.61 Å². The summed E-state index contributed by atoms with van der Waals surface area (Å²) < 4.78 is 11.2. The molecule has 1 N–H and O–H groups in total. The Morgan fingerprint density at radius 2 is 1.87 bits per heavy atom. The van der Waals surface area contributed by atoms with Gasteiger partial charge in [-0.15, -0.1) is 0 Å². The molecule has 0 aromatic rings. The number of ether oxygens (including phenoxy) is 2. The number of hydrogen-bond acceptors (Lipinski definition) is 6. The molecular weight excluding hydrogens is 396 g/mol. The average molecular weight is 433 g/mol. The minimum Gasteiger partial charge on any atom is -0.432 e. The van der Waals surface area contributed by atoms with E-state index >= 15 is 0 Å². The molecule has 2 bridgehead atoms. The van der Waals surface area contributed by atoms with Crippen LogP contribution in [0.4, 0.5) is 0 Å². The summed E-state index contributed by atoms with van der Waals surface area (Å²) in [4.78, 5) is 37.8. The highest BCUT2D eigenvalue weighted by Crippen LogP contribution is 2.60. The van der Waals surface area contributed by atoms with E-state index in [1.54, 1.807) is 6.08 Å². The van der Waals surface area contributed by atoms with Crippen molar-refractivity contribution in [1.82, 2.24) is 0 Å². The molecule has 31 heavy (non-hydrogen) atoms. The molecule has 0 aromatic carbocycles. The lowest BCUT2D eigenvalue weighted by molar-refractivity contribution is -0.229. The zero-order chi connectivity index (χ0) is 23.2. The van der Waals surface area contributed by atoms with Crippen molar-refractivity contribution in [2.45, 2.75) is 78.4 Å². The van der Waals surface area contributed by atoms with Crippen LogP contribution >= 0.6 is 0 Å². The molecular formula is C25H36O6. The number of ketones is 2. The summed E-state index contributed by atoms with van der Waals surface area (Å²) in [6.07, 6.45) is 6.90. The van der Waals surface area contributed by atoms with Crippen LogP contribution in [-0.4, -0.2) is 40.5 Å². The number of esters is 1. The van der Waals surface area contributed by atoms with E-state index in [4.69, 9.17) is 9.47 Å². The van der Waals surface area contributed by atoms with Crippen molar-refractivity contribution in [1.29, 1.82) is 0 Å². The molecule has 3 fully saturated rings. The zero-order valence-electron chi connectivity index (χ0n) is 19.6. The number of carbonyl (C=O) groups is 3. The average Bonchev–Trinajstić information content (AvgIpc) is 2.69. The van der Waals surface area contributed by atoms with Gasteiger partial charge in [-0.3, -0.25) is 4.79 Å². The van der Waals surface area contributed by atoms with Crippen molar-refractivity contribution in [3.05, 3.63) is 24.0 Å². The molecule has 0 unspecified atom stereocenters. The first-order chi connectivity index (χ1) is 14.3. The predicted octanol–water partition coefficient (Wildman–Crippen LogP) is 3.77. The predicted molar refractivity (Wildman–Crippen MR) is 116 cm³/mol. The minimum absolute atomic E-state index is 0.0452. The molecule has 0 spiro atoms. The normalized spacial score (nSPS) is 39.0. The van der Waals surface area contributed by atoms with Crippen molar-refractivity contribution < 1.29 is 29.0 Å². The van der Waals surface area contributed by atoms with E-state index < -0.39 is 23.1 Å². The lowest BCUT2D eigenvalue weighted by Gasteiger charge is -2.55. The second-order valence-corrected chi connectivity index (χ2v) is 10.8. The Morgan fingerprint density at radius 3 is 2.48 bits per heavy atom. The third-order valence-corrected chi connectivity index (χ3v) is 7.75. The number of Topliss-reactive ketones (excluding diaryl/α,β-unsaturated/α-hetero) is 2. The van der Waals surface area contributed by atoms with Crippen LogP contribution in [0.1, 0.15) is 67.2 Å². The summed E-state index contributed by atoms with van der Waals surface area (Å²) in [7, 11) is 0. The molecule has 0 amide bonds. The number of fused-ring (bicyclic) bond motifs is 1. The lowest BCUT2D eigenvalue weighted by atomic mass is 9.55. The van der Waals surface area contributed by atoms with Crippen molar-refractivity contribution in [2.24, 2.45) is 29.1 Å². The zero-order valence-corrected chi connectivity index (χ0v) is 19.6. The number of rotatable bonds is 5. The maximum atomic E-state index is 13.7. The molecule has 2 saturated carbocycles. The molecule has 1 heterocycles. The number of carbonyl (C=O) groups excluding carboxylic acids is 3. The molecule has 0 aromatic heterocycles. The maximum absolute atomic E-state index is 13.7. The van der Waals surface area contributed by atoms with Gasteiger partial charge < -0.3 is 19.4 Å². The van der Waals surface area contributed by atoms with Gasteiger partial charge >= 0.3 is 5.97 Å². The van der Waals surface area contributed by atoms with Gasteiger partial charge in [0, 0.05) is 24.3 Å². The van der Waals surface area contributed by atoms with Crippen molar-refractivity contribution in [3.63, 3.8) is 0 Å². The Kier molecular flexibility index (Phi) is 6.38. The summed E-state index contributed by atoms with van der Waals surface area (Å²) in [6.45, 7) is 11.2. The molecule has 6 nitrogen and oxygen atoms in total. The van der Waals surface area contributed by atoms with Crippen LogP contribution in [0.3, 0.4) is 0 Å². The van der Waals surface area contributed by atoms with Gasteiger partial charge in [-0.05, 0) is 77.2 Å². The van der Waals surface area contributed by atoms with Crippen LogP contribution in [0.15, 0.2) is 24.0 Å².